The number of nitrogens with one attached hydrogen (secondary N) is 1. The van der Waals surface area contributed by atoms with Gasteiger partial charge in [-0.2, -0.15) is 0 Å². The van der Waals surface area contributed by atoms with E-state index < -0.39 is 23.0 Å². The summed E-state index contributed by atoms with van der Waals surface area (Å²) >= 11 is 0. The maximum Gasteiger partial charge on any atom is 0.254 e. The smallest absolute Gasteiger partial charge is 0.254 e. The molecule has 0 bridgehead atoms. The molecular weight excluding hydrogens is 264 g/mol. The van der Waals surface area contributed by atoms with Crippen LogP contribution in [0.1, 0.15) is 30.0 Å². The zero-order chi connectivity index (χ0) is 14.8. The summed E-state index contributed by atoms with van der Waals surface area (Å²) in [5.74, 6) is -1.35. The van der Waals surface area contributed by atoms with Crippen LogP contribution in [0.15, 0.2) is 41.0 Å². The summed E-state index contributed by atoms with van der Waals surface area (Å²) in [6, 6.07) is 6.34. The largest absolute Gasteiger partial charge is 0.469 e. The quantitative estimate of drug-likeness (QED) is 0.933. The first-order valence-corrected chi connectivity index (χ1v) is 6.17. The molecule has 20 heavy (non-hydrogen) atoms. The van der Waals surface area contributed by atoms with Crippen LogP contribution in [0.2, 0.25) is 0 Å². The molecule has 1 N–H and O–H groups in total. The van der Waals surface area contributed by atoms with Crippen molar-refractivity contribution in [3.05, 3.63) is 59.6 Å². The predicted octanol–water partition coefficient (Wildman–Crippen LogP) is 3.27. The van der Waals surface area contributed by atoms with Crippen LogP contribution in [0.4, 0.5) is 8.78 Å². The van der Waals surface area contributed by atoms with E-state index in [2.05, 4.69) is 5.32 Å². The Hall–Kier alpha value is -2.17. The first kappa shape index (κ1) is 14.2. The number of halogens is 2. The van der Waals surface area contributed by atoms with Gasteiger partial charge in [-0.1, -0.05) is 13.8 Å². The van der Waals surface area contributed by atoms with Crippen LogP contribution in [-0.4, -0.2) is 12.5 Å². The van der Waals surface area contributed by atoms with Crippen molar-refractivity contribution in [2.24, 2.45) is 0 Å². The van der Waals surface area contributed by atoms with Gasteiger partial charge >= 0.3 is 0 Å². The van der Waals surface area contributed by atoms with Gasteiger partial charge in [-0.15, -0.1) is 0 Å². The SMILES string of the molecule is CC(C)(CNC(=O)c1cc(F)ccc1F)c1ccco1. The number of carbonyl (C=O) groups excluding carboxylic acids is 1. The van der Waals surface area contributed by atoms with E-state index in [9.17, 15) is 13.6 Å². The third-order valence-corrected chi connectivity index (χ3v) is 3.05. The van der Waals surface area contributed by atoms with E-state index in [1.54, 1.807) is 18.4 Å². The van der Waals surface area contributed by atoms with Crippen molar-refractivity contribution in [3.8, 4) is 0 Å². The summed E-state index contributed by atoms with van der Waals surface area (Å²) < 4.78 is 31.8. The molecule has 2 aromatic rings. The Morgan fingerprint density at radius 1 is 1.30 bits per heavy atom. The standard InChI is InChI=1S/C15H15F2NO2/c1-15(2,13-4-3-7-20-13)9-18-14(19)11-8-10(16)5-6-12(11)17/h3-8H,9H2,1-2H3,(H,18,19). The molecule has 0 fully saturated rings. The Balaban J connectivity index is 2.07. The van der Waals surface area contributed by atoms with E-state index in [1.807, 2.05) is 13.8 Å². The highest BCUT2D eigenvalue weighted by molar-refractivity contribution is 5.94. The highest BCUT2D eigenvalue weighted by Gasteiger charge is 2.25. The average molecular weight is 279 g/mol. The predicted molar refractivity (Wildman–Crippen MR) is 70.4 cm³/mol. The average Bonchev–Trinajstić information content (AvgIpc) is 2.93. The molecule has 1 aromatic carbocycles. The van der Waals surface area contributed by atoms with Crippen molar-refractivity contribution >= 4 is 5.91 Å². The molecule has 0 aliphatic rings. The first-order chi connectivity index (χ1) is 9.40. The number of benzene rings is 1. The lowest BCUT2D eigenvalue weighted by Gasteiger charge is -2.22. The fraction of sp³-hybridized carbons (Fsp3) is 0.267. The van der Waals surface area contributed by atoms with Gasteiger partial charge in [0.2, 0.25) is 0 Å². The molecule has 0 atom stereocenters. The van der Waals surface area contributed by atoms with Gasteiger partial charge in [-0.05, 0) is 30.3 Å². The third-order valence-electron chi connectivity index (χ3n) is 3.05. The first-order valence-electron chi connectivity index (χ1n) is 6.17. The van der Waals surface area contributed by atoms with E-state index in [1.165, 1.54) is 0 Å². The molecule has 0 saturated heterocycles. The van der Waals surface area contributed by atoms with E-state index >= 15 is 0 Å². The minimum absolute atomic E-state index is 0.245. The van der Waals surface area contributed by atoms with Gasteiger partial charge in [0.1, 0.15) is 17.4 Å². The number of hydrogen-bond donors (Lipinski definition) is 1. The fourth-order valence-corrected chi connectivity index (χ4v) is 1.82. The molecule has 0 spiro atoms. The molecular formula is C15H15F2NO2. The summed E-state index contributed by atoms with van der Waals surface area (Å²) in [4.78, 5) is 11.9. The molecule has 1 aromatic heterocycles. The number of rotatable bonds is 4. The third kappa shape index (κ3) is 3.04. The van der Waals surface area contributed by atoms with Crippen molar-refractivity contribution in [1.29, 1.82) is 0 Å². The van der Waals surface area contributed by atoms with Crippen LogP contribution in [0.3, 0.4) is 0 Å². The lowest BCUT2D eigenvalue weighted by Crippen LogP contribution is -2.36. The monoisotopic (exact) mass is 279 g/mol. The van der Waals surface area contributed by atoms with E-state index in [0.717, 1.165) is 18.2 Å². The Labute approximate surface area is 115 Å². The number of hydrogen-bond acceptors (Lipinski definition) is 2. The number of amides is 1. The fourth-order valence-electron chi connectivity index (χ4n) is 1.82. The summed E-state index contributed by atoms with van der Waals surface area (Å²) in [6.45, 7) is 4.01. The molecule has 0 aliphatic heterocycles. The highest BCUT2D eigenvalue weighted by Crippen LogP contribution is 2.22. The zero-order valence-corrected chi connectivity index (χ0v) is 11.2. The van der Waals surface area contributed by atoms with E-state index in [4.69, 9.17) is 4.42 Å². The van der Waals surface area contributed by atoms with Crippen LogP contribution in [0, 0.1) is 11.6 Å². The Bertz CT molecular complexity index is 606. The topological polar surface area (TPSA) is 42.2 Å². The number of carbonyl (C=O) groups is 1. The second kappa shape index (κ2) is 5.45. The van der Waals surface area contributed by atoms with Crippen LogP contribution < -0.4 is 5.32 Å². The summed E-state index contributed by atoms with van der Waals surface area (Å²) in [6.07, 6.45) is 1.55. The van der Waals surface area contributed by atoms with Gasteiger partial charge in [-0.25, -0.2) is 8.78 Å². The minimum atomic E-state index is -0.750. The van der Waals surface area contributed by atoms with Crippen molar-refractivity contribution in [1.82, 2.24) is 5.32 Å². The normalized spacial score (nSPS) is 11.4. The van der Waals surface area contributed by atoms with Crippen LogP contribution in [-0.2, 0) is 5.41 Å². The second-order valence-electron chi connectivity index (χ2n) is 5.17. The van der Waals surface area contributed by atoms with Gasteiger partial charge < -0.3 is 9.73 Å². The van der Waals surface area contributed by atoms with Gasteiger partial charge in [0.15, 0.2) is 0 Å². The lowest BCUT2D eigenvalue weighted by molar-refractivity contribution is 0.0939. The van der Waals surface area contributed by atoms with Crippen LogP contribution >= 0.6 is 0 Å². The van der Waals surface area contributed by atoms with Crippen LogP contribution in [0.25, 0.3) is 0 Å². The maximum absolute atomic E-state index is 13.5. The Morgan fingerprint density at radius 2 is 2.05 bits per heavy atom. The maximum atomic E-state index is 13.5. The molecule has 106 valence electrons. The summed E-state index contributed by atoms with van der Waals surface area (Å²) in [5.41, 5.74) is -0.747. The van der Waals surface area contributed by atoms with Gasteiger partial charge in [0, 0.05) is 12.0 Å². The molecule has 1 heterocycles. The zero-order valence-electron chi connectivity index (χ0n) is 11.2. The second-order valence-corrected chi connectivity index (χ2v) is 5.17. The summed E-state index contributed by atoms with van der Waals surface area (Å²) in [5, 5.41) is 2.59. The van der Waals surface area contributed by atoms with Crippen molar-refractivity contribution < 1.29 is 18.0 Å². The molecule has 1 amide bonds. The van der Waals surface area contributed by atoms with Crippen molar-refractivity contribution in [2.75, 3.05) is 6.54 Å². The Morgan fingerprint density at radius 3 is 2.70 bits per heavy atom. The minimum Gasteiger partial charge on any atom is -0.469 e. The lowest BCUT2D eigenvalue weighted by atomic mass is 9.90. The van der Waals surface area contributed by atoms with Crippen LogP contribution in [0.5, 0.6) is 0 Å². The van der Waals surface area contributed by atoms with Gasteiger partial charge in [0.05, 0.1) is 11.8 Å². The molecule has 0 unspecified atom stereocenters. The van der Waals surface area contributed by atoms with E-state index in [0.29, 0.717) is 5.76 Å². The molecule has 3 nitrogen and oxygen atoms in total. The van der Waals surface area contributed by atoms with Gasteiger partial charge in [0.25, 0.3) is 5.91 Å². The molecule has 5 heteroatoms. The van der Waals surface area contributed by atoms with Crippen molar-refractivity contribution in [3.63, 3.8) is 0 Å². The highest BCUT2D eigenvalue weighted by atomic mass is 19.1. The molecule has 0 radical (unpaired) electrons. The van der Waals surface area contributed by atoms with Crippen molar-refractivity contribution in [2.45, 2.75) is 19.3 Å². The Kier molecular flexibility index (Phi) is 3.88. The van der Waals surface area contributed by atoms with E-state index in [-0.39, 0.29) is 12.1 Å². The van der Waals surface area contributed by atoms with Gasteiger partial charge in [-0.3, -0.25) is 4.79 Å². The molecule has 0 aliphatic carbocycles. The molecule has 0 saturated carbocycles. The summed E-state index contributed by atoms with van der Waals surface area (Å²) in [7, 11) is 0. The molecule has 2 rings (SSSR count). The number of furan rings is 1.